The van der Waals surface area contributed by atoms with Gasteiger partial charge in [-0.3, -0.25) is 19.6 Å². The number of hydroxylamine groups is 1. The summed E-state index contributed by atoms with van der Waals surface area (Å²) in [6.07, 6.45) is 0. The van der Waals surface area contributed by atoms with Gasteiger partial charge in [-0.25, -0.2) is 5.48 Å². The van der Waals surface area contributed by atoms with E-state index >= 15 is 0 Å². The van der Waals surface area contributed by atoms with E-state index in [0.29, 0.717) is 6.07 Å². The molecule has 0 spiro atoms. The SMILES string of the molecule is NC(=O)c1cc(=O)c(O)c(C(=O)NO)o1. The maximum Gasteiger partial charge on any atom is 0.314 e. The summed E-state index contributed by atoms with van der Waals surface area (Å²) in [5.41, 5.74) is 4.91. The van der Waals surface area contributed by atoms with Gasteiger partial charge in [0.05, 0.1) is 0 Å². The van der Waals surface area contributed by atoms with Crippen LogP contribution in [0.5, 0.6) is 5.75 Å². The zero-order chi connectivity index (χ0) is 11.6. The number of primary amides is 1. The van der Waals surface area contributed by atoms with Crippen molar-refractivity contribution in [2.45, 2.75) is 0 Å². The van der Waals surface area contributed by atoms with Crippen molar-refractivity contribution < 1.29 is 24.3 Å². The lowest BCUT2D eigenvalue weighted by Gasteiger charge is -2.01. The Labute approximate surface area is 81.9 Å². The minimum Gasteiger partial charge on any atom is -0.501 e. The number of hydrogen-bond acceptors (Lipinski definition) is 6. The van der Waals surface area contributed by atoms with Gasteiger partial charge in [-0.1, -0.05) is 0 Å². The highest BCUT2D eigenvalue weighted by molar-refractivity contribution is 5.95. The van der Waals surface area contributed by atoms with Gasteiger partial charge in [0.2, 0.25) is 16.9 Å². The molecule has 0 saturated carbocycles. The fourth-order valence-corrected chi connectivity index (χ4v) is 0.813. The fraction of sp³-hybridized carbons (Fsp3) is 0. The van der Waals surface area contributed by atoms with E-state index in [2.05, 4.69) is 4.42 Å². The van der Waals surface area contributed by atoms with Crippen molar-refractivity contribution in [3.05, 3.63) is 27.8 Å². The van der Waals surface area contributed by atoms with E-state index in [1.165, 1.54) is 0 Å². The summed E-state index contributed by atoms with van der Waals surface area (Å²) < 4.78 is 4.51. The van der Waals surface area contributed by atoms with Gasteiger partial charge in [0.1, 0.15) is 0 Å². The number of carbonyl (C=O) groups excluding carboxylic acids is 2. The molecule has 80 valence electrons. The van der Waals surface area contributed by atoms with Crippen molar-refractivity contribution in [3.63, 3.8) is 0 Å². The number of hydrogen-bond donors (Lipinski definition) is 4. The van der Waals surface area contributed by atoms with E-state index in [1.807, 2.05) is 0 Å². The number of nitrogens with two attached hydrogens (primary N) is 1. The number of carbonyl (C=O) groups is 2. The molecule has 0 radical (unpaired) electrons. The Morgan fingerprint density at radius 1 is 1.47 bits per heavy atom. The Bertz CT molecular complexity index is 477. The number of aromatic hydroxyl groups is 1. The van der Waals surface area contributed by atoms with Crippen molar-refractivity contribution in [2.75, 3.05) is 0 Å². The minimum absolute atomic E-state index is 0.601. The van der Waals surface area contributed by atoms with E-state index in [-0.39, 0.29) is 0 Å². The van der Waals surface area contributed by atoms with Crippen LogP contribution < -0.4 is 16.6 Å². The molecule has 15 heavy (non-hydrogen) atoms. The average Bonchev–Trinajstić information content (AvgIpc) is 2.20. The largest absolute Gasteiger partial charge is 0.501 e. The Morgan fingerprint density at radius 2 is 2.07 bits per heavy atom. The molecule has 1 rings (SSSR count). The van der Waals surface area contributed by atoms with Crippen LogP contribution in [0.3, 0.4) is 0 Å². The van der Waals surface area contributed by atoms with Gasteiger partial charge in [-0.15, -0.1) is 0 Å². The first-order chi connectivity index (χ1) is 6.97. The third-order valence-electron chi connectivity index (χ3n) is 1.47. The van der Waals surface area contributed by atoms with Gasteiger partial charge in [-0.05, 0) is 0 Å². The normalized spacial score (nSPS) is 9.67. The summed E-state index contributed by atoms with van der Waals surface area (Å²) in [4.78, 5) is 32.5. The third kappa shape index (κ3) is 1.94. The van der Waals surface area contributed by atoms with Crippen LogP contribution in [0.4, 0.5) is 0 Å². The predicted molar refractivity (Wildman–Crippen MR) is 44.4 cm³/mol. The number of nitrogens with one attached hydrogen (secondary N) is 1. The molecule has 1 aromatic heterocycles. The smallest absolute Gasteiger partial charge is 0.314 e. The molecule has 5 N–H and O–H groups in total. The highest BCUT2D eigenvalue weighted by atomic mass is 16.5. The van der Waals surface area contributed by atoms with Crippen LogP contribution in [-0.2, 0) is 0 Å². The lowest BCUT2D eigenvalue weighted by molar-refractivity contribution is 0.0664. The van der Waals surface area contributed by atoms with Crippen molar-refractivity contribution in [1.82, 2.24) is 5.48 Å². The summed E-state index contributed by atoms with van der Waals surface area (Å²) in [5, 5.41) is 17.3. The molecule has 0 aromatic carbocycles. The molecule has 8 heteroatoms. The highest BCUT2D eigenvalue weighted by Crippen LogP contribution is 2.12. The van der Waals surface area contributed by atoms with Crippen LogP contribution in [0.25, 0.3) is 0 Å². The first-order valence-corrected chi connectivity index (χ1v) is 3.58. The molecule has 2 amide bonds. The lowest BCUT2D eigenvalue weighted by Crippen LogP contribution is -2.23. The number of amides is 2. The van der Waals surface area contributed by atoms with E-state index in [0.717, 1.165) is 5.48 Å². The topological polar surface area (TPSA) is 143 Å². The molecule has 0 bridgehead atoms. The molecule has 0 unspecified atom stereocenters. The molecular formula is C7H6N2O6. The van der Waals surface area contributed by atoms with Gasteiger partial charge >= 0.3 is 5.91 Å². The first-order valence-electron chi connectivity index (χ1n) is 3.58. The maximum atomic E-state index is 11.0. The van der Waals surface area contributed by atoms with Crippen LogP contribution in [0.1, 0.15) is 21.1 Å². The zero-order valence-electron chi connectivity index (χ0n) is 7.18. The van der Waals surface area contributed by atoms with Crippen LogP contribution in [-0.4, -0.2) is 22.1 Å². The Kier molecular flexibility index (Phi) is 2.72. The molecule has 0 atom stereocenters. The molecule has 0 saturated heterocycles. The third-order valence-corrected chi connectivity index (χ3v) is 1.47. The summed E-state index contributed by atoms with van der Waals surface area (Å²) in [7, 11) is 0. The quantitative estimate of drug-likeness (QED) is 0.350. The summed E-state index contributed by atoms with van der Waals surface area (Å²) in [5.74, 6) is -4.87. The average molecular weight is 214 g/mol. The van der Waals surface area contributed by atoms with Crippen LogP contribution in [0.15, 0.2) is 15.3 Å². The molecule has 1 aromatic rings. The molecule has 0 aliphatic rings. The van der Waals surface area contributed by atoms with Crippen LogP contribution in [0, 0.1) is 0 Å². The van der Waals surface area contributed by atoms with Crippen molar-refractivity contribution in [2.24, 2.45) is 5.73 Å². The predicted octanol–water partition coefficient (Wildman–Crippen LogP) is -1.44. The Balaban J connectivity index is 3.44. The maximum absolute atomic E-state index is 11.0. The van der Waals surface area contributed by atoms with Gasteiger partial charge in [0.25, 0.3) is 5.91 Å². The highest BCUT2D eigenvalue weighted by Gasteiger charge is 2.19. The van der Waals surface area contributed by atoms with Crippen LogP contribution in [0.2, 0.25) is 0 Å². The van der Waals surface area contributed by atoms with Crippen molar-refractivity contribution >= 4 is 11.8 Å². The minimum atomic E-state index is -1.27. The summed E-state index contributed by atoms with van der Waals surface area (Å²) in [6, 6.07) is 0.631. The van der Waals surface area contributed by atoms with E-state index in [9.17, 15) is 14.4 Å². The van der Waals surface area contributed by atoms with E-state index < -0.39 is 34.5 Å². The van der Waals surface area contributed by atoms with Crippen molar-refractivity contribution in [3.8, 4) is 5.75 Å². The summed E-state index contributed by atoms with van der Waals surface area (Å²) >= 11 is 0. The van der Waals surface area contributed by atoms with Gasteiger partial charge < -0.3 is 15.3 Å². The van der Waals surface area contributed by atoms with Gasteiger partial charge in [-0.2, -0.15) is 0 Å². The molecule has 0 aliphatic heterocycles. The van der Waals surface area contributed by atoms with Gasteiger partial charge in [0, 0.05) is 6.07 Å². The fourth-order valence-electron chi connectivity index (χ4n) is 0.813. The second kappa shape index (κ2) is 3.80. The molecule has 0 aliphatic carbocycles. The van der Waals surface area contributed by atoms with Crippen LogP contribution >= 0.6 is 0 Å². The standard InChI is InChI=1S/C7H6N2O6/c8-6(12)3-1-2(10)4(11)5(15-3)7(13)9-14/h1,11,14H,(H2,8,12)(H,9,13). The molecular weight excluding hydrogens is 208 g/mol. The van der Waals surface area contributed by atoms with Crippen molar-refractivity contribution in [1.29, 1.82) is 0 Å². The molecule has 0 fully saturated rings. The van der Waals surface area contributed by atoms with E-state index in [1.54, 1.807) is 0 Å². The second-order valence-corrected chi connectivity index (χ2v) is 2.46. The van der Waals surface area contributed by atoms with Gasteiger partial charge in [0.15, 0.2) is 5.76 Å². The Morgan fingerprint density at radius 3 is 2.53 bits per heavy atom. The zero-order valence-corrected chi connectivity index (χ0v) is 7.18. The summed E-state index contributed by atoms with van der Waals surface area (Å²) in [6.45, 7) is 0. The Hall–Kier alpha value is -2.35. The monoisotopic (exact) mass is 214 g/mol. The molecule has 8 nitrogen and oxygen atoms in total. The van der Waals surface area contributed by atoms with E-state index in [4.69, 9.17) is 16.0 Å². The first kappa shape index (κ1) is 10.7. The lowest BCUT2D eigenvalue weighted by atomic mass is 10.3. The second-order valence-electron chi connectivity index (χ2n) is 2.46. The number of rotatable bonds is 2. The molecule has 1 heterocycles.